The normalized spacial score (nSPS) is 11.6. The maximum Gasteiger partial charge on any atom is 0.0974 e. The SMILES string of the molecule is CN(C)c1cc2nc3c(cc(N(C)C)c4ccccc43)nc2c2ccccc12. The Balaban J connectivity index is 2.00. The first-order chi connectivity index (χ1) is 13.5. The first kappa shape index (κ1) is 16.8. The molecule has 0 fully saturated rings. The molecule has 4 heteroatoms. The number of fused-ring (bicyclic) bond motifs is 6. The van der Waals surface area contributed by atoms with E-state index in [2.05, 4.69) is 98.7 Å². The van der Waals surface area contributed by atoms with E-state index in [1.54, 1.807) is 0 Å². The molecule has 5 rings (SSSR count). The van der Waals surface area contributed by atoms with E-state index in [4.69, 9.17) is 9.97 Å². The minimum atomic E-state index is 0.928. The maximum absolute atomic E-state index is 5.09. The van der Waals surface area contributed by atoms with Gasteiger partial charge in [0.05, 0.1) is 22.1 Å². The summed E-state index contributed by atoms with van der Waals surface area (Å²) in [6.07, 6.45) is 0. The average molecular weight is 366 g/mol. The molecule has 0 saturated heterocycles. The van der Waals surface area contributed by atoms with Gasteiger partial charge in [-0.05, 0) is 12.1 Å². The summed E-state index contributed by atoms with van der Waals surface area (Å²) >= 11 is 0. The summed E-state index contributed by atoms with van der Waals surface area (Å²) in [6.45, 7) is 0. The van der Waals surface area contributed by atoms with Gasteiger partial charge >= 0.3 is 0 Å². The number of rotatable bonds is 2. The van der Waals surface area contributed by atoms with E-state index < -0.39 is 0 Å². The topological polar surface area (TPSA) is 32.3 Å². The molecule has 0 bridgehead atoms. The Morgan fingerprint density at radius 2 is 0.893 bits per heavy atom. The molecule has 0 saturated carbocycles. The highest BCUT2D eigenvalue weighted by Crippen LogP contribution is 2.36. The van der Waals surface area contributed by atoms with E-state index in [0.717, 1.165) is 44.2 Å². The van der Waals surface area contributed by atoms with Gasteiger partial charge in [-0.25, -0.2) is 9.97 Å². The molecule has 0 N–H and O–H groups in total. The first-order valence-corrected chi connectivity index (χ1v) is 9.44. The zero-order valence-corrected chi connectivity index (χ0v) is 16.6. The van der Waals surface area contributed by atoms with Gasteiger partial charge in [0.15, 0.2) is 0 Å². The van der Waals surface area contributed by atoms with Crippen molar-refractivity contribution in [2.75, 3.05) is 38.0 Å². The van der Waals surface area contributed by atoms with E-state index in [9.17, 15) is 0 Å². The van der Waals surface area contributed by atoms with Crippen molar-refractivity contribution in [1.29, 1.82) is 0 Å². The van der Waals surface area contributed by atoms with Gasteiger partial charge in [0, 0.05) is 61.1 Å². The van der Waals surface area contributed by atoms with Crippen LogP contribution in [0.15, 0.2) is 60.7 Å². The van der Waals surface area contributed by atoms with Gasteiger partial charge in [0.2, 0.25) is 0 Å². The van der Waals surface area contributed by atoms with Crippen molar-refractivity contribution in [3.05, 3.63) is 60.7 Å². The minimum absolute atomic E-state index is 0.928. The summed E-state index contributed by atoms with van der Waals surface area (Å²) < 4.78 is 0. The molecular weight excluding hydrogens is 344 g/mol. The molecular formula is C24H22N4. The number of hydrogen-bond acceptors (Lipinski definition) is 4. The van der Waals surface area contributed by atoms with Crippen molar-refractivity contribution < 1.29 is 0 Å². The Bertz CT molecular complexity index is 1260. The molecule has 0 unspecified atom stereocenters. The van der Waals surface area contributed by atoms with Gasteiger partial charge in [-0.15, -0.1) is 0 Å². The van der Waals surface area contributed by atoms with Crippen molar-refractivity contribution in [2.45, 2.75) is 0 Å². The summed E-state index contributed by atoms with van der Waals surface area (Å²) in [6, 6.07) is 21.2. The number of nitrogens with zero attached hydrogens (tertiary/aromatic N) is 4. The van der Waals surface area contributed by atoms with Gasteiger partial charge in [-0.3, -0.25) is 0 Å². The predicted molar refractivity (Wildman–Crippen MR) is 121 cm³/mol. The van der Waals surface area contributed by atoms with Crippen LogP contribution in [0.1, 0.15) is 0 Å². The third kappa shape index (κ3) is 2.38. The molecule has 0 amide bonds. The summed E-state index contributed by atoms with van der Waals surface area (Å²) in [7, 11) is 8.28. The van der Waals surface area contributed by atoms with Gasteiger partial charge in [-0.2, -0.15) is 0 Å². The van der Waals surface area contributed by atoms with Crippen LogP contribution in [0, 0.1) is 0 Å². The molecule has 0 aliphatic heterocycles. The average Bonchev–Trinajstić information content (AvgIpc) is 2.71. The molecule has 1 aromatic heterocycles. The Kier molecular flexibility index (Phi) is 3.63. The Morgan fingerprint density at radius 1 is 0.536 bits per heavy atom. The number of hydrogen-bond donors (Lipinski definition) is 0. The fourth-order valence-corrected chi connectivity index (χ4v) is 4.04. The summed E-state index contributed by atoms with van der Waals surface area (Å²) in [5, 5.41) is 4.67. The second-order valence-corrected chi connectivity index (χ2v) is 7.63. The smallest absolute Gasteiger partial charge is 0.0974 e. The van der Waals surface area contributed by atoms with E-state index in [1.807, 2.05) is 0 Å². The van der Waals surface area contributed by atoms with E-state index in [1.165, 1.54) is 10.8 Å². The van der Waals surface area contributed by atoms with Gasteiger partial charge in [-0.1, -0.05) is 48.5 Å². The van der Waals surface area contributed by atoms with Crippen molar-refractivity contribution in [3.8, 4) is 0 Å². The molecule has 0 radical (unpaired) electrons. The van der Waals surface area contributed by atoms with Crippen molar-refractivity contribution in [3.63, 3.8) is 0 Å². The Hall–Kier alpha value is -3.40. The van der Waals surface area contributed by atoms with E-state index in [-0.39, 0.29) is 0 Å². The standard InChI is InChI=1S/C24H22N4/c1-27(2)21-13-19-23(17-11-7-5-9-15(17)21)26-20-14-22(28(3)4)16-10-6-8-12-18(16)24(20)25-19/h5-14H,1-4H3. The predicted octanol–water partition coefficient (Wildman–Crippen LogP) is 5.22. The molecule has 28 heavy (non-hydrogen) atoms. The number of aromatic nitrogens is 2. The molecule has 1 heterocycles. The summed E-state index contributed by atoms with van der Waals surface area (Å²) in [4.78, 5) is 14.5. The van der Waals surface area contributed by atoms with Crippen LogP contribution in [0.25, 0.3) is 43.6 Å². The van der Waals surface area contributed by atoms with E-state index in [0.29, 0.717) is 0 Å². The minimum Gasteiger partial charge on any atom is -0.377 e. The molecule has 4 nitrogen and oxygen atoms in total. The van der Waals surface area contributed by atoms with Crippen LogP contribution >= 0.6 is 0 Å². The highest BCUT2D eigenvalue weighted by molar-refractivity contribution is 6.15. The van der Waals surface area contributed by atoms with Crippen molar-refractivity contribution in [2.24, 2.45) is 0 Å². The molecule has 4 aromatic carbocycles. The molecule has 138 valence electrons. The molecule has 0 spiro atoms. The highest BCUT2D eigenvalue weighted by Gasteiger charge is 2.14. The fourth-order valence-electron chi connectivity index (χ4n) is 4.04. The van der Waals surface area contributed by atoms with Crippen LogP contribution in [-0.2, 0) is 0 Å². The third-order valence-electron chi connectivity index (χ3n) is 5.38. The largest absolute Gasteiger partial charge is 0.377 e. The lowest BCUT2D eigenvalue weighted by Crippen LogP contribution is -2.10. The third-order valence-corrected chi connectivity index (χ3v) is 5.38. The van der Waals surface area contributed by atoms with Gasteiger partial charge in [0.1, 0.15) is 0 Å². The first-order valence-electron chi connectivity index (χ1n) is 9.44. The van der Waals surface area contributed by atoms with Gasteiger partial charge < -0.3 is 9.80 Å². The van der Waals surface area contributed by atoms with Gasteiger partial charge in [0.25, 0.3) is 0 Å². The molecule has 0 aliphatic carbocycles. The lowest BCUT2D eigenvalue weighted by Gasteiger charge is -2.19. The summed E-state index contributed by atoms with van der Waals surface area (Å²) in [5.74, 6) is 0. The van der Waals surface area contributed by atoms with Crippen LogP contribution < -0.4 is 9.80 Å². The maximum atomic E-state index is 5.09. The summed E-state index contributed by atoms with van der Waals surface area (Å²) in [5.41, 5.74) is 6.08. The van der Waals surface area contributed by atoms with Crippen molar-refractivity contribution >= 4 is 55.0 Å². The second-order valence-electron chi connectivity index (χ2n) is 7.63. The molecule has 0 atom stereocenters. The fraction of sp³-hybridized carbons (Fsp3) is 0.167. The second kappa shape index (κ2) is 6.06. The van der Waals surface area contributed by atoms with Crippen LogP contribution in [-0.4, -0.2) is 38.2 Å². The lowest BCUT2D eigenvalue weighted by molar-refractivity contribution is 1.14. The monoisotopic (exact) mass is 366 g/mol. The Labute approximate surface area is 164 Å². The van der Waals surface area contributed by atoms with Crippen LogP contribution in [0.2, 0.25) is 0 Å². The highest BCUT2D eigenvalue weighted by atomic mass is 15.1. The lowest BCUT2D eigenvalue weighted by atomic mass is 10.0. The van der Waals surface area contributed by atoms with Crippen LogP contribution in [0.5, 0.6) is 0 Å². The molecule has 0 aliphatic rings. The Morgan fingerprint density at radius 3 is 1.25 bits per heavy atom. The molecule has 5 aromatic rings. The van der Waals surface area contributed by atoms with Crippen LogP contribution in [0.3, 0.4) is 0 Å². The number of benzene rings is 4. The number of anilines is 2. The van der Waals surface area contributed by atoms with Crippen molar-refractivity contribution in [1.82, 2.24) is 9.97 Å². The quantitative estimate of drug-likeness (QED) is 0.317. The zero-order valence-electron chi connectivity index (χ0n) is 16.6. The van der Waals surface area contributed by atoms with Crippen LogP contribution in [0.4, 0.5) is 11.4 Å². The zero-order chi connectivity index (χ0) is 19.4. The van der Waals surface area contributed by atoms with E-state index >= 15 is 0 Å².